The predicted molar refractivity (Wildman–Crippen MR) is 55.9 cm³/mol. The second kappa shape index (κ2) is 6.76. The van der Waals surface area contributed by atoms with Crippen molar-refractivity contribution in [1.82, 2.24) is 5.48 Å². The molecular weight excluding hydrogens is 196 g/mol. The van der Waals surface area contributed by atoms with E-state index in [1.165, 1.54) is 0 Å². The third-order valence-electron chi connectivity index (χ3n) is 2.72. The van der Waals surface area contributed by atoms with Crippen molar-refractivity contribution in [1.29, 1.82) is 0 Å². The molecule has 0 aromatic carbocycles. The molecule has 15 heavy (non-hydrogen) atoms. The first-order valence-corrected chi connectivity index (χ1v) is 5.42. The van der Waals surface area contributed by atoms with Gasteiger partial charge in [-0.1, -0.05) is 12.8 Å². The Hall–Kier alpha value is -0.650. The molecular formula is C10H20N2O3. The lowest BCUT2D eigenvalue weighted by Crippen LogP contribution is -2.43. The maximum absolute atomic E-state index is 11.6. The van der Waals surface area contributed by atoms with Crippen molar-refractivity contribution in [2.24, 2.45) is 11.7 Å². The van der Waals surface area contributed by atoms with Crippen LogP contribution in [0.25, 0.3) is 0 Å². The van der Waals surface area contributed by atoms with Crippen LogP contribution in [0.15, 0.2) is 0 Å². The Morgan fingerprint density at radius 3 is 2.80 bits per heavy atom. The van der Waals surface area contributed by atoms with Gasteiger partial charge in [0.25, 0.3) is 0 Å². The van der Waals surface area contributed by atoms with Gasteiger partial charge in [0.1, 0.15) is 0 Å². The number of carbonyl (C=O) groups excluding carboxylic acids is 1. The minimum atomic E-state index is -0.0988. The van der Waals surface area contributed by atoms with Gasteiger partial charge >= 0.3 is 0 Å². The number of nitrogens with two attached hydrogens (primary N) is 1. The Labute approximate surface area is 90.3 Å². The number of methoxy groups -OCH3 is 1. The number of ether oxygens (including phenoxy) is 1. The van der Waals surface area contributed by atoms with Gasteiger partial charge in [0, 0.05) is 13.2 Å². The Morgan fingerprint density at radius 2 is 2.13 bits per heavy atom. The van der Waals surface area contributed by atoms with E-state index in [1.54, 1.807) is 7.11 Å². The predicted octanol–water partition coefficient (Wildman–Crippen LogP) is 0.198. The second-order valence-corrected chi connectivity index (χ2v) is 3.86. The topological polar surface area (TPSA) is 73.6 Å². The van der Waals surface area contributed by atoms with Crippen molar-refractivity contribution in [3.8, 4) is 0 Å². The van der Waals surface area contributed by atoms with E-state index in [1.807, 2.05) is 0 Å². The summed E-state index contributed by atoms with van der Waals surface area (Å²) in [4.78, 5) is 16.6. The van der Waals surface area contributed by atoms with E-state index < -0.39 is 0 Å². The molecule has 5 nitrogen and oxygen atoms in total. The fraction of sp³-hybridized carbons (Fsp3) is 0.900. The molecule has 0 saturated heterocycles. The van der Waals surface area contributed by atoms with Crippen molar-refractivity contribution < 1.29 is 14.4 Å². The summed E-state index contributed by atoms with van der Waals surface area (Å²) >= 11 is 0. The largest absolute Gasteiger partial charge is 0.382 e. The second-order valence-electron chi connectivity index (χ2n) is 3.86. The van der Waals surface area contributed by atoms with Crippen molar-refractivity contribution in [3.05, 3.63) is 0 Å². The fourth-order valence-corrected chi connectivity index (χ4v) is 1.81. The van der Waals surface area contributed by atoms with Gasteiger partial charge in [0.05, 0.1) is 19.1 Å². The molecule has 2 unspecified atom stereocenters. The lowest BCUT2D eigenvalue weighted by atomic mass is 9.85. The molecule has 1 rings (SSSR count). The normalized spacial score (nSPS) is 26.3. The summed E-state index contributed by atoms with van der Waals surface area (Å²) < 4.78 is 4.79. The number of hydrogen-bond acceptors (Lipinski definition) is 4. The van der Waals surface area contributed by atoms with Gasteiger partial charge in [-0.15, -0.1) is 0 Å². The van der Waals surface area contributed by atoms with Crippen LogP contribution in [0, 0.1) is 5.92 Å². The molecule has 0 aromatic rings. The lowest BCUT2D eigenvalue weighted by Gasteiger charge is -2.27. The van der Waals surface area contributed by atoms with E-state index in [4.69, 9.17) is 15.3 Å². The van der Waals surface area contributed by atoms with Crippen LogP contribution in [0.3, 0.4) is 0 Å². The molecule has 1 aliphatic rings. The molecule has 3 N–H and O–H groups in total. The average Bonchev–Trinajstić information content (AvgIpc) is 2.25. The maximum atomic E-state index is 11.6. The van der Waals surface area contributed by atoms with E-state index in [0.29, 0.717) is 13.2 Å². The number of amides is 1. The minimum absolute atomic E-state index is 0.0234. The lowest BCUT2D eigenvalue weighted by molar-refractivity contribution is -0.140. The van der Waals surface area contributed by atoms with Crippen LogP contribution >= 0.6 is 0 Å². The molecule has 0 radical (unpaired) electrons. The van der Waals surface area contributed by atoms with E-state index in [2.05, 4.69) is 5.48 Å². The van der Waals surface area contributed by atoms with Crippen LogP contribution in [0.4, 0.5) is 0 Å². The van der Waals surface area contributed by atoms with Gasteiger partial charge in [-0.25, -0.2) is 5.48 Å². The van der Waals surface area contributed by atoms with Crippen LogP contribution < -0.4 is 11.2 Å². The first-order chi connectivity index (χ1) is 7.25. The molecule has 0 spiro atoms. The summed E-state index contributed by atoms with van der Waals surface area (Å²) in [5, 5.41) is 0. The van der Waals surface area contributed by atoms with Gasteiger partial charge in [0.2, 0.25) is 5.91 Å². The monoisotopic (exact) mass is 216 g/mol. The van der Waals surface area contributed by atoms with Gasteiger partial charge in [-0.3, -0.25) is 9.63 Å². The number of nitrogens with one attached hydrogen (secondary N) is 1. The molecule has 0 aromatic heterocycles. The molecule has 88 valence electrons. The van der Waals surface area contributed by atoms with E-state index in [-0.39, 0.29) is 17.9 Å². The van der Waals surface area contributed by atoms with Gasteiger partial charge < -0.3 is 10.5 Å². The van der Waals surface area contributed by atoms with Crippen molar-refractivity contribution in [2.75, 3.05) is 20.3 Å². The van der Waals surface area contributed by atoms with Gasteiger partial charge in [0.15, 0.2) is 0 Å². The highest BCUT2D eigenvalue weighted by atomic mass is 16.7. The van der Waals surface area contributed by atoms with Gasteiger partial charge in [-0.05, 0) is 12.8 Å². The molecule has 1 fully saturated rings. The SMILES string of the molecule is COCCONC(=O)C1CCCCC1N. The van der Waals surface area contributed by atoms with E-state index in [0.717, 1.165) is 25.7 Å². The summed E-state index contributed by atoms with van der Waals surface area (Å²) in [6.07, 6.45) is 3.98. The van der Waals surface area contributed by atoms with Crippen LogP contribution in [0.2, 0.25) is 0 Å². The third-order valence-corrected chi connectivity index (χ3v) is 2.72. The first-order valence-electron chi connectivity index (χ1n) is 5.42. The standard InChI is InChI=1S/C10H20N2O3/c1-14-6-7-15-12-10(13)8-4-2-3-5-9(8)11/h8-9H,2-7,11H2,1H3,(H,12,13). The van der Waals surface area contributed by atoms with Crippen molar-refractivity contribution in [2.45, 2.75) is 31.7 Å². The zero-order valence-electron chi connectivity index (χ0n) is 9.20. The van der Waals surface area contributed by atoms with Crippen LogP contribution in [-0.2, 0) is 14.4 Å². The first kappa shape index (κ1) is 12.4. The molecule has 0 bridgehead atoms. The summed E-state index contributed by atoms with van der Waals surface area (Å²) in [6, 6.07) is -0.0234. The van der Waals surface area contributed by atoms with Crippen molar-refractivity contribution in [3.63, 3.8) is 0 Å². The summed E-state index contributed by atoms with van der Waals surface area (Å²) in [5.41, 5.74) is 8.29. The zero-order chi connectivity index (χ0) is 11.1. The number of hydrogen-bond donors (Lipinski definition) is 2. The molecule has 1 amide bonds. The van der Waals surface area contributed by atoms with E-state index in [9.17, 15) is 4.79 Å². The molecule has 0 heterocycles. The van der Waals surface area contributed by atoms with Crippen LogP contribution in [0.5, 0.6) is 0 Å². The van der Waals surface area contributed by atoms with Crippen LogP contribution in [-0.4, -0.2) is 32.3 Å². The molecule has 1 saturated carbocycles. The summed E-state index contributed by atoms with van der Waals surface area (Å²) in [6.45, 7) is 0.835. The zero-order valence-corrected chi connectivity index (χ0v) is 9.20. The highest BCUT2D eigenvalue weighted by Crippen LogP contribution is 2.22. The van der Waals surface area contributed by atoms with E-state index >= 15 is 0 Å². The molecule has 2 atom stereocenters. The number of hydroxylamine groups is 1. The maximum Gasteiger partial charge on any atom is 0.248 e. The Morgan fingerprint density at radius 1 is 1.40 bits per heavy atom. The number of carbonyl (C=O) groups is 1. The Kier molecular flexibility index (Phi) is 5.60. The summed E-state index contributed by atoms with van der Waals surface area (Å²) in [5.74, 6) is -0.195. The quantitative estimate of drug-likeness (QED) is 0.508. The van der Waals surface area contributed by atoms with Gasteiger partial charge in [-0.2, -0.15) is 0 Å². The molecule has 1 aliphatic carbocycles. The smallest absolute Gasteiger partial charge is 0.248 e. The molecule has 5 heteroatoms. The Balaban J connectivity index is 2.20. The molecule has 0 aliphatic heterocycles. The highest BCUT2D eigenvalue weighted by Gasteiger charge is 2.28. The van der Waals surface area contributed by atoms with Crippen molar-refractivity contribution >= 4 is 5.91 Å². The minimum Gasteiger partial charge on any atom is -0.382 e. The van der Waals surface area contributed by atoms with Crippen LogP contribution in [0.1, 0.15) is 25.7 Å². The third kappa shape index (κ3) is 4.15. The highest BCUT2D eigenvalue weighted by molar-refractivity contribution is 5.78. The number of rotatable bonds is 5. The Bertz CT molecular complexity index is 199. The summed E-state index contributed by atoms with van der Waals surface area (Å²) in [7, 11) is 1.59. The fourth-order valence-electron chi connectivity index (χ4n) is 1.81. The average molecular weight is 216 g/mol.